The van der Waals surface area contributed by atoms with Crippen molar-refractivity contribution < 1.29 is 0 Å². The van der Waals surface area contributed by atoms with Crippen LogP contribution in [0.1, 0.15) is 98.3 Å². The van der Waals surface area contributed by atoms with Crippen LogP contribution in [0.4, 0.5) is 0 Å². The van der Waals surface area contributed by atoms with Crippen molar-refractivity contribution in [3.8, 4) is 0 Å². The van der Waals surface area contributed by atoms with E-state index in [0.717, 1.165) is 19.6 Å². The van der Waals surface area contributed by atoms with Gasteiger partial charge in [0.1, 0.15) is 0 Å². The predicted molar refractivity (Wildman–Crippen MR) is 115 cm³/mol. The van der Waals surface area contributed by atoms with Crippen molar-refractivity contribution in [1.82, 2.24) is 10.6 Å². The molecular formula is C23H46N2. The van der Waals surface area contributed by atoms with Crippen LogP contribution in [0.5, 0.6) is 0 Å². The summed E-state index contributed by atoms with van der Waals surface area (Å²) in [5.74, 6) is 0. The number of hydrogen-bond donors (Lipinski definition) is 2. The first-order valence-corrected chi connectivity index (χ1v) is 10.9. The van der Waals surface area contributed by atoms with Gasteiger partial charge in [-0.3, -0.25) is 0 Å². The number of unbranched alkanes of at least 4 members (excludes halogenated alkanes) is 8. The number of allylic oxidation sites excluding steroid dienone is 3. The van der Waals surface area contributed by atoms with Gasteiger partial charge in [-0.15, -0.1) is 0 Å². The van der Waals surface area contributed by atoms with Gasteiger partial charge < -0.3 is 10.6 Å². The first-order chi connectivity index (χ1) is 12.2. The summed E-state index contributed by atoms with van der Waals surface area (Å²) in [7, 11) is 0. The van der Waals surface area contributed by atoms with Crippen molar-refractivity contribution in [3.63, 3.8) is 0 Å². The van der Waals surface area contributed by atoms with Crippen molar-refractivity contribution in [2.45, 2.75) is 98.3 Å². The minimum absolute atomic E-state index is 1.00. The lowest BCUT2D eigenvalue weighted by Crippen LogP contribution is -2.28. The molecule has 2 N–H and O–H groups in total. The van der Waals surface area contributed by atoms with Gasteiger partial charge in [-0.2, -0.15) is 0 Å². The number of rotatable bonds is 18. The van der Waals surface area contributed by atoms with E-state index in [-0.39, 0.29) is 0 Å². The Morgan fingerprint density at radius 3 is 1.92 bits per heavy atom. The summed E-state index contributed by atoms with van der Waals surface area (Å²) in [6, 6.07) is 0. The molecule has 0 heterocycles. The third-order valence-corrected chi connectivity index (χ3v) is 4.62. The molecule has 0 aliphatic carbocycles. The molecular weight excluding hydrogens is 304 g/mol. The molecule has 0 aromatic carbocycles. The van der Waals surface area contributed by atoms with Crippen LogP contribution in [0.25, 0.3) is 0 Å². The second kappa shape index (κ2) is 19.7. The fourth-order valence-corrected chi connectivity index (χ4v) is 2.90. The first kappa shape index (κ1) is 24.4. The van der Waals surface area contributed by atoms with E-state index in [4.69, 9.17) is 0 Å². The van der Waals surface area contributed by atoms with E-state index >= 15 is 0 Å². The Balaban J connectivity index is 3.22. The Morgan fingerprint density at radius 1 is 0.680 bits per heavy atom. The van der Waals surface area contributed by atoms with Crippen LogP contribution in [0.2, 0.25) is 0 Å². The lowest BCUT2D eigenvalue weighted by molar-refractivity contribution is 0.545. The molecule has 0 aromatic heterocycles. The molecule has 0 atom stereocenters. The summed E-state index contributed by atoms with van der Waals surface area (Å²) in [6.45, 7) is 13.2. The molecule has 2 heteroatoms. The fraction of sp³-hybridized carbons (Fsp3) is 0.826. The largest absolute Gasteiger partial charge is 0.315 e. The summed E-state index contributed by atoms with van der Waals surface area (Å²) in [6.07, 6.45) is 19.7. The molecule has 0 aliphatic rings. The molecule has 0 amide bonds. The Hall–Kier alpha value is -0.600. The Labute approximate surface area is 158 Å². The maximum atomic E-state index is 3.55. The Kier molecular flexibility index (Phi) is 19.2. The molecule has 25 heavy (non-hydrogen) atoms. The summed E-state index contributed by atoms with van der Waals surface area (Å²) < 4.78 is 0. The lowest BCUT2D eigenvalue weighted by Gasteiger charge is -2.06. The molecule has 0 aliphatic heterocycles. The molecule has 0 bridgehead atoms. The summed E-state index contributed by atoms with van der Waals surface area (Å²) in [4.78, 5) is 0. The minimum Gasteiger partial charge on any atom is -0.315 e. The van der Waals surface area contributed by atoms with E-state index in [0.29, 0.717) is 0 Å². The average molecular weight is 351 g/mol. The highest BCUT2D eigenvalue weighted by atomic mass is 14.9. The third kappa shape index (κ3) is 21.4. The zero-order chi connectivity index (χ0) is 18.6. The summed E-state index contributed by atoms with van der Waals surface area (Å²) in [5, 5.41) is 7.04. The van der Waals surface area contributed by atoms with Crippen molar-refractivity contribution in [2.75, 3.05) is 26.2 Å². The van der Waals surface area contributed by atoms with Crippen LogP contribution in [-0.4, -0.2) is 26.2 Å². The topological polar surface area (TPSA) is 24.1 Å². The van der Waals surface area contributed by atoms with Crippen LogP contribution in [0.3, 0.4) is 0 Å². The lowest BCUT2D eigenvalue weighted by atomic mass is 10.1. The van der Waals surface area contributed by atoms with Gasteiger partial charge in [-0.25, -0.2) is 0 Å². The van der Waals surface area contributed by atoms with Gasteiger partial charge in [0, 0.05) is 19.6 Å². The summed E-state index contributed by atoms with van der Waals surface area (Å²) >= 11 is 0. The quantitative estimate of drug-likeness (QED) is 0.221. The van der Waals surface area contributed by atoms with Crippen LogP contribution < -0.4 is 10.6 Å². The van der Waals surface area contributed by atoms with Gasteiger partial charge in [-0.1, -0.05) is 81.6 Å². The molecule has 2 nitrogen and oxygen atoms in total. The van der Waals surface area contributed by atoms with Gasteiger partial charge in [-0.05, 0) is 46.6 Å². The van der Waals surface area contributed by atoms with Gasteiger partial charge in [0.05, 0.1) is 0 Å². The van der Waals surface area contributed by atoms with Gasteiger partial charge >= 0.3 is 0 Å². The van der Waals surface area contributed by atoms with Gasteiger partial charge in [0.25, 0.3) is 0 Å². The Morgan fingerprint density at radius 2 is 1.28 bits per heavy atom. The normalized spacial score (nSPS) is 11.8. The van der Waals surface area contributed by atoms with Crippen LogP contribution in [-0.2, 0) is 0 Å². The molecule has 0 fully saturated rings. The van der Waals surface area contributed by atoms with E-state index in [1.165, 1.54) is 88.3 Å². The van der Waals surface area contributed by atoms with Crippen molar-refractivity contribution >= 4 is 0 Å². The van der Waals surface area contributed by atoms with E-state index in [1.54, 1.807) is 0 Å². The van der Waals surface area contributed by atoms with Crippen molar-refractivity contribution in [3.05, 3.63) is 23.3 Å². The third-order valence-electron chi connectivity index (χ3n) is 4.62. The SMILES string of the molecule is CCCCCCCCCCCNCCNC/C=C(\C)CCC=C(C)C. The maximum Gasteiger partial charge on any atom is 0.0137 e. The molecule has 148 valence electrons. The molecule has 0 radical (unpaired) electrons. The molecule has 0 saturated heterocycles. The van der Waals surface area contributed by atoms with E-state index in [1.807, 2.05) is 0 Å². The standard InChI is InChI=1S/C23H46N2/c1-5-6-7-8-9-10-11-12-13-18-24-20-21-25-19-17-23(4)16-14-15-22(2)3/h15,17,24-25H,5-14,16,18-21H2,1-4H3/b23-17+. The van der Waals surface area contributed by atoms with E-state index in [2.05, 4.69) is 50.5 Å². The first-order valence-electron chi connectivity index (χ1n) is 10.9. The van der Waals surface area contributed by atoms with Crippen LogP contribution >= 0.6 is 0 Å². The fourth-order valence-electron chi connectivity index (χ4n) is 2.90. The van der Waals surface area contributed by atoms with Crippen molar-refractivity contribution in [1.29, 1.82) is 0 Å². The highest BCUT2D eigenvalue weighted by Gasteiger charge is 1.93. The zero-order valence-corrected chi connectivity index (χ0v) is 17.8. The molecule has 0 aromatic rings. The molecule has 0 saturated carbocycles. The monoisotopic (exact) mass is 350 g/mol. The maximum absolute atomic E-state index is 3.55. The van der Waals surface area contributed by atoms with Gasteiger partial charge in [0.2, 0.25) is 0 Å². The number of hydrogen-bond acceptors (Lipinski definition) is 2. The van der Waals surface area contributed by atoms with Crippen LogP contribution in [0.15, 0.2) is 23.3 Å². The second-order valence-corrected chi connectivity index (χ2v) is 7.65. The molecule has 0 unspecified atom stereocenters. The molecule has 0 spiro atoms. The second-order valence-electron chi connectivity index (χ2n) is 7.65. The van der Waals surface area contributed by atoms with Gasteiger partial charge in [0.15, 0.2) is 0 Å². The smallest absolute Gasteiger partial charge is 0.0137 e. The van der Waals surface area contributed by atoms with Crippen LogP contribution in [0, 0.1) is 0 Å². The average Bonchev–Trinajstić information content (AvgIpc) is 2.58. The molecule has 0 rings (SSSR count). The summed E-state index contributed by atoms with van der Waals surface area (Å²) in [5.41, 5.74) is 2.91. The Bertz CT molecular complexity index is 327. The highest BCUT2D eigenvalue weighted by molar-refractivity contribution is 5.02. The highest BCUT2D eigenvalue weighted by Crippen LogP contribution is 2.09. The van der Waals surface area contributed by atoms with E-state index < -0.39 is 0 Å². The van der Waals surface area contributed by atoms with E-state index in [9.17, 15) is 0 Å². The zero-order valence-electron chi connectivity index (χ0n) is 17.8. The predicted octanol–water partition coefficient (Wildman–Crippen LogP) is 6.39. The van der Waals surface area contributed by atoms with Crippen molar-refractivity contribution in [2.24, 2.45) is 0 Å². The number of nitrogens with one attached hydrogen (secondary N) is 2. The minimum atomic E-state index is 1.00.